The van der Waals surface area contributed by atoms with Crippen molar-refractivity contribution in [3.8, 4) is 0 Å². The lowest BCUT2D eigenvalue weighted by atomic mass is 9.93. The van der Waals surface area contributed by atoms with E-state index in [1.165, 1.54) is 0 Å². The Morgan fingerprint density at radius 1 is 1.14 bits per heavy atom. The van der Waals surface area contributed by atoms with Crippen molar-refractivity contribution in [2.24, 2.45) is 11.8 Å². The average molecular weight is 198 g/mol. The van der Waals surface area contributed by atoms with E-state index in [1.807, 2.05) is 13.8 Å². The number of hydrogen-bond acceptors (Lipinski definition) is 2. The lowest BCUT2D eigenvalue weighted by Crippen LogP contribution is -2.17. The van der Waals surface area contributed by atoms with Gasteiger partial charge < -0.3 is 10.2 Å². The maximum atomic E-state index is 10.8. The molecule has 4 heteroatoms. The molecule has 0 saturated heterocycles. The van der Waals surface area contributed by atoms with Crippen molar-refractivity contribution in [1.82, 2.24) is 0 Å². The van der Waals surface area contributed by atoms with Crippen LogP contribution in [-0.4, -0.2) is 22.2 Å². The fraction of sp³-hybridized carbons (Fsp3) is 0.600. The predicted octanol–water partition coefficient (Wildman–Crippen LogP) is 1.52. The Balaban J connectivity index is 3.14. The number of aliphatic carboxylic acids is 2. The number of carbonyl (C=O) groups is 2. The molecule has 0 atom stereocenters. The molecule has 0 aromatic heterocycles. The van der Waals surface area contributed by atoms with Crippen molar-refractivity contribution in [3.05, 3.63) is 11.1 Å². The minimum Gasteiger partial charge on any atom is -0.477 e. The fourth-order valence-corrected chi connectivity index (χ4v) is 1.70. The highest BCUT2D eigenvalue weighted by atomic mass is 16.4. The molecule has 2 N–H and O–H groups in total. The summed E-state index contributed by atoms with van der Waals surface area (Å²) in [4.78, 5) is 21.6. The second kappa shape index (κ2) is 3.82. The van der Waals surface area contributed by atoms with Gasteiger partial charge in [-0.3, -0.25) is 0 Å². The average Bonchev–Trinajstić information content (AvgIpc) is 2.79. The molecular weight excluding hydrogens is 184 g/mol. The van der Waals surface area contributed by atoms with E-state index in [9.17, 15) is 9.59 Å². The number of hydrogen-bond donors (Lipinski definition) is 2. The Kier molecular flexibility index (Phi) is 2.93. The quantitative estimate of drug-likeness (QED) is 0.408. The summed E-state index contributed by atoms with van der Waals surface area (Å²) < 4.78 is 0. The van der Waals surface area contributed by atoms with Crippen LogP contribution in [0.5, 0.6) is 0 Å². The minimum absolute atomic E-state index is 0.00954. The largest absolute Gasteiger partial charge is 0.477 e. The Labute approximate surface area is 82.2 Å². The van der Waals surface area contributed by atoms with Gasteiger partial charge in [-0.25, -0.2) is 9.59 Å². The van der Waals surface area contributed by atoms with Gasteiger partial charge in [-0.2, -0.15) is 0 Å². The second-order valence-corrected chi connectivity index (χ2v) is 3.87. The molecule has 0 radical (unpaired) electrons. The first-order valence-corrected chi connectivity index (χ1v) is 4.65. The standard InChI is InChI=1S/C10H14O4/c1-5(2)7(6-3-4-6)8(9(11)12)10(13)14/h5-6H,3-4H2,1-2H3,(H,11,12)(H,13,14). The Bertz CT molecular complexity index is 277. The third-order valence-electron chi connectivity index (χ3n) is 2.36. The molecule has 0 bridgehead atoms. The molecule has 0 unspecified atom stereocenters. The van der Waals surface area contributed by atoms with Crippen molar-refractivity contribution in [1.29, 1.82) is 0 Å². The molecule has 0 heterocycles. The maximum Gasteiger partial charge on any atom is 0.343 e. The van der Waals surface area contributed by atoms with Crippen LogP contribution in [-0.2, 0) is 9.59 Å². The summed E-state index contributed by atoms with van der Waals surface area (Å²) in [5.41, 5.74) is 0.160. The van der Waals surface area contributed by atoms with Crippen molar-refractivity contribution in [2.75, 3.05) is 0 Å². The first-order valence-electron chi connectivity index (χ1n) is 4.65. The molecule has 4 nitrogen and oxygen atoms in total. The molecule has 0 aromatic rings. The van der Waals surface area contributed by atoms with E-state index in [2.05, 4.69) is 0 Å². The van der Waals surface area contributed by atoms with Gasteiger partial charge in [0.15, 0.2) is 0 Å². The van der Waals surface area contributed by atoms with E-state index < -0.39 is 17.5 Å². The highest BCUT2D eigenvalue weighted by Crippen LogP contribution is 2.41. The summed E-state index contributed by atoms with van der Waals surface area (Å²) in [5, 5.41) is 17.6. The number of carboxylic acid groups (broad SMARTS) is 2. The minimum atomic E-state index is -1.33. The third kappa shape index (κ3) is 2.13. The van der Waals surface area contributed by atoms with Crippen molar-refractivity contribution in [2.45, 2.75) is 26.7 Å². The SMILES string of the molecule is CC(C)C(=C(C(=O)O)C(=O)O)C1CC1. The molecule has 0 amide bonds. The van der Waals surface area contributed by atoms with Crippen LogP contribution in [0.2, 0.25) is 0 Å². The molecule has 78 valence electrons. The fourth-order valence-electron chi connectivity index (χ4n) is 1.70. The van der Waals surface area contributed by atoms with Crippen LogP contribution in [0.4, 0.5) is 0 Å². The van der Waals surface area contributed by atoms with Gasteiger partial charge in [0.2, 0.25) is 0 Å². The molecule has 0 aliphatic heterocycles. The second-order valence-electron chi connectivity index (χ2n) is 3.87. The van der Waals surface area contributed by atoms with Crippen LogP contribution in [0.1, 0.15) is 26.7 Å². The van der Waals surface area contributed by atoms with Crippen molar-refractivity contribution in [3.63, 3.8) is 0 Å². The summed E-state index contributed by atoms with van der Waals surface area (Å²) >= 11 is 0. The van der Waals surface area contributed by atoms with Crippen LogP contribution in [0.3, 0.4) is 0 Å². The van der Waals surface area contributed by atoms with E-state index in [1.54, 1.807) is 0 Å². The van der Waals surface area contributed by atoms with Crippen LogP contribution in [0, 0.1) is 11.8 Å². The summed E-state index contributed by atoms with van der Waals surface area (Å²) in [6, 6.07) is 0. The number of allylic oxidation sites excluding steroid dienone is 1. The first-order chi connectivity index (χ1) is 6.45. The molecule has 1 aliphatic carbocycles. The summed E-state index contributed by atoms with van der Waals surface area (Å²) in [6.07, 6.45) is 1.83. The summed E-state index contributed by atoms with van der Waals surface area (Å²) in [7, 11) is 0. The smallest absolute Gasteiger partial charge is 0.343 e. The van der Waals surface area contributed by atoms with Crippen molar-refractivity contribution < 1.29 is 19.8 Å². The molecule has 1 fully saturated rings. The lowest BCUT2D eigenvalue weighted by molar-refractivity contribution is -0.140. The van der Waals surface area contributed by atoms with Crippen LogP contribution in [0.15, 0.2) is 11.1 Å². The van der Waals surface area contributed by atoms with Crippen LogP contribution in [0.25, 0.3) is 0 Å². The molecule has 1 rings (SSSR count). The van der Waals surface area contributed by atoms with Gasteiger partial charge in [0.25, 0.3) is 0 Å². The lowest BCUT2D eigenvalue weighted by Gasteiger charge is -2.12. The molecule has 1 aliphatic rings. The van der Waals surface area contributed by atoms with Gasteiger partial charge in [-0.15, -0.1) is 0 Å². The van der Waals surface area contributed by atoms with E-state index in [0.29, 0.717) is 5.57 Å². The molecule has 0 spiro atoms. The van der Waals surface area contributed by atoms with Gasteiger partial charge >= 0.3 is 11.9 Å². The molecular formula is C10H14O4. The van der Waals surface area contributed by atoms with Gasteiger partial charge in [0.05, 0.1) is 0 Å². The van der Waals surface area contributed by atoms with Crippen LogP contribution < -0.4 is 0 Å². The van der Waals surface area contributed by atoms with E-state index >= 15 is 0 Å². The van der Waals surface area contributed by atoms with E-state index in [-0.39, 0.29) is 11.8 Å². The zero-order valence-corrected chi connectivity index (χ0v) is 8.28. The number of carboxylic acids is 2. The monoisotopic (exact) mass is 198 g/mol. The van der Waals surface area contributed by atoms with E-state index in [0.717, 1.165) is 12.8 Å². The normalized spacial score (nSPS) is 15.4. The van der Waals surface area contributed by atoms with Gasteiger partial charge in [-0.1, -0.05) is 13.8 Å². The van der Waals surface area contributed by atoms with Gasteiger partial charge in [0.1, 0.15) is 5.57 Å². The molecule has 0 aromatic carbocycles. The van der Waals surface area contributed by atoms with Crippen LogP contribution >= 0.6 is 0 Å². The zero-order chi connectivity index (χ0) is 10.9. The summed E-state index contributed by atoms with van der Waals surface area (Å²) in [6.45, 7) is 3.67. The maximum absolute atomic E-state index is 10.8. The molecule has 14 heavy (non-hydrogen) atoms. The molecule has 1 saturated carbocycles. The van der Waals surface area contributed by atoms with Gasteiger partial charge in [0, 0.05) is 0 Å². The highest BCUT2D eigenvalue weighted by molar-refractivity contribution is 6.13. The Morgan fingerprint density at radius 3 is 1.79 bits per heavy atom. The third-order valence-corrected chi connectivity index (χ3v) is 2.36. The van der Waals surface area contributed by atoms with Crippen molar-refractivity contribution >= 4 is 11.9 Å². The number of rotatable bonds is 4. The highest BCUT2D eigenvalue weighted by Gasteiger charge is 2.34. The van der Waals surface area contributed by atoms with E-state index in [4.69, 9.17) is 10.2 Å². The Morgan fingerprint density at radius 2 is 1.57 bits per heavy atom. The zero-order valence-electron chi connectivity index (χ0n) is 8.28. The van der Waals surface area contributed by atoms with Gasteiger partial charge in [-0.05, 0) is 30.3 Å². The summed E-state index contributed by atoms with van der Waals surface area (Å²) in [5.74, 6) is -2.48. The predicted molar refractivity (Wildman–Crippen MR) is 49.9 cm³/mol. The first kappa shape index (κ1) is 10.8. The Hall–Kier alpha value is -1.32. The topological polar surface area (TPSA) is 74.6 Å².